The fourth-order valence-electron chi connectivity index (χ4n) is 0.971. The van der Waals surface area contributed by atoms with Crippen molar-refractivity contribution in [3.63, 3.8) is 0 Å². The Labute approximate surface area is 55.4 Å². The first kappa shape index (κ1) is 6.36. The Morgan fingerprint density at radius 1 is 1.44 bits per heavy atom. The first-order valence-corrected chi connectivity index (χ1v) is 3.18. The molecule has 0 radical (unpaired) electrons. The first-order chi connectivity index (χ1) is 4.34. The van der Waals surface area contributed by atoms with Crippen LogP contribution < -0.4 is 11.3 Å². The van der Waals surface area contributed by atoms with Crippen molar-refractivity contribution in [1.82, 2.24) is 5.43 Å². The predicted molar refractivity (Wildman–Crippen MR) is 38.4 cm³/mol. The normalized spacial score (nSPS) is 18.4. The van der Waals surface area contributed by atoms with Gasteiger partial charge in [0, 0.05) is 5.70 Å². The highest BCUT2D eigenvalue weighted by atomic mass is 15.2. The lowest BCUT2D eigenvalue weighted by molar-refractivity contribution is 0.850. The van der Waals surface area contributed by atoms with Crippen molar-refractivity contribution in [2.45, 2.75) is 19.8 Å². The molecule has 0 fully saturated rings. The lowest BCUT2D eigenvalue weighted by Crippen LogP contribution is -2.22. The van der Waals surface area contributed by atoms with Gasteiger partial charge in [-0.15, -0.1) is 0 Å². The first-order valence-electron chi connectivity index (χ1n) is 3.18. The fraction of sp³-hybridized carbons (Fsp3) is 0.429. The van der Waals surface area contributed by atoms with Crippen LogP contribution in [0.3, 0.4) is 0 Å². The number of hydrogen-bond donors (Lipinski definition) is 2. The van der Waals surface area contributed by atoms with Crippen LogP contribution in [0.2, 0.25) is 0 Å². The maximum atomic E-state index is 5.23. The standard InChI is InChI=1S/C7H12N2/c1-6-4-2-3-5-7(6)9-8/h4-5,9H,2-3,8H2,1H3. The predicted octanol–water partition coefficient (Wildman–Crippen LogP) is 1.07. The number of rotatable bonds is 1. The molecule has 0 bridgehead atoms. The Morgan fingerprint density at radius 3 is 2.56 bits per heavy atom. The topological polar surface area (TPSA) is 38.0 Å². The highest BCUT2D eigenvalue weighted by Crippen LogP contribution is 2.13. The number of nitrogens with one attached hydrogen (secondary N) is 1. The van der Waals surface area contributed by atoms with Crippen LogP contribution in [0.4, 0.5) is 0 Å². The summed E-state index contributed by atoms with van der Waals surface area (Å²) in [4.78, 5) is 0. The summed E-state index contributed by atoms with van der Waals surface area (Å²) >= 11 is 0. The van der Waals surface area contributed by atoms with Crippen molar-refractivity contribution in [2.24, 2.45) is 5.84 Å². The van der Waals surface area contributed by atoms with E-state index >= 15 is 0 Å². The summed E-state index contributed by atoms with van der Waals surface area (Å²) in [5, 5.41) is 0. The van der Waals surface area contributed by atoms with Crippen molar-refractivity contribution < 1.29 is 0 Å². The van der Waals surface area contributed by atoms with E-state index in [0.717, 1.165) is 18.5 Å². The zero-order chi connectivity index (χ0) is 6.69. The largest absolute Gasteiger partial charge is 0.324 e. The molecule has 0 saturated carbocycles. The molecule has 0 atom stereocenters. The molecule has 0 aromatic carbocycles. The quantitative estimate of drug-likeness (QED) is 0.405. The summed E-state index contributed by atoms with van der Waals surface area (Å²) in [5.41, 5.74) is 4.97. The van der Waals surface area contributed by atoms with Crippen molar-refractivity contribution in [3.05, 3.63) is 23.4 Å². The van der Waals surface area contributed by atoms with Crippen LogP contribution in [0.25, 0.3) is 0 Å². The molecule has 1 rings (SSSR count). The lowest BCUT2D eigenvalue weighted by atomic mass is 10.1. The van der Waals surface area contributed by atoms with Gasteiger partial charge in [0.1, 0.15) is 0 Å². The Kier molecular flexibility index (Phi) is 1.90. The van der Waals surface area contributed by atoms with E-state index in [4.69, 9.17) is 5.84 Å². The van der Waals surface area contributed by atoms with E-state index in [0.29, 0.717) is 0 Å². The Bertz CT molecular complexity index is 156. The minimum Gasteiger partial charge on any atom is -0.324 e. The number of allylic oxidation sites excluding steroid dienone is 3. The molecule has 0 spiro atoms. The molecular weight excluding hydrogens is 112 g/mol. The average Bonchev–Trinajstić information content (AvgIpc) is 1.89. The molecule has 2 nitrogen and oxygen atoms in total. The average molecular weight is 124 g/mol. The fourth-order valence-corrected chi connectivity index (χ4v) is 0.971. The molecule has 0 aromatic heterocycles. The maximum absolute atomic E-state index is 5.23. The van der Waals surface area contributed by atoms with Gasteiger partial charge in [0.15, 0.2) is 0 Å². The van der Waals surface area contributed by atoms with Crippen LogP contribution in [0.15, 0.2) is 23.4 Å². The molecule has 3 N–H and O–H groups in total. The SMILES string of the molecule is CC1=CCCC=C1NN. The van der Waals surface area contributed by atoms with Crippen LogP contribution in [-0.4, -0.2) is 0 Å². The molecule has 1 aliphatic rings. The zero-order valence-corrected chi connectivity index (χ0v) is 5.65. The second-order valence-corrected chi connectivity index (χ2v) is 2.23. The molecule has 0 aliphatic heterocycles. The molecule has 0 aromatic rings. The third-order valence-corrected chi connectivity index (χ3v) is 1.55. The molecule has 1 aliphatic carbocycles. The van der Waals surface area contributed by atoms with Crippen molar-refractivity contribution in [1.29, 1.82) is 0 Å². The van der Waals surface area contributed by atoms with E-state index in [1.807, 2.05) is 0 Å². The Balaban J connectivity index is 2.68. The molecule has 2 heteroatoms. The second-order valence-electron chi connectivity index (χ2n) is 2.23. The van der Waals surface area contributed by atoms with Crippen LogP contribution in [0, 0.1) is 0 Å². The van der Waals surface area contributed by atoms with Gasteiger partial charge in [0.05, 0.1) is 0 Å². The Morgan fingerprint density at radius 2 is 2.11 bits per heavy atom. The second kappa shape index (κ2) is 2.69. The van der Waals surface area contributed by atoms with Gasteiger partial charge in [-0.1, -0.05) is 12.2 Å². The third-order valence-electron chi connectivity index (χ3n) is 1.55. The van der Waals surface area contributed by atoms with Crippen molar-refractivity contribution in [3.8, 4) is 0 Å². The highest BCUT2D eigenvalue weighted by molar-refractivity contribution is 5.29. The van der Waals surface area contributed by atoms with Crippen LogP contribution in [-0.2, 0) is 0 Å². The van der Waals surface area contributed by atoms with Gasteiger partial charge in [-0.3, -0.25) is 5.84 Å². The van der Waals surface area contributed by atoms with Crippen LogP contribution in [0.5, 0.6) is 0 Å². The molecule has 0 amide bonds. The third kappa shape index (κ3) is 1.33. The van der Waals surface area contributed by atoms with Gasteiger partial charge < -0.3 is 5.43 Å². The van der Waals surface area contributed by atoms with E-state index in [2.05, 4.69) is 24.5 Å². The van der Waals surface area contributed by atoms with Crippen LogP contribution in [0.1, 0.15) is 19.8 Å². The summed E-state index contributed by atoms with van der Waals surface area (Å²) in [6.45, 7) is 2.06. The number of nitrogens with two attached hydrogens (primary N) is 1. The molecule has 0 heterocycles. The van der Waals surface area contributed by atoms with Crippen molar-refractivity contribution >= 4 is 0 Å². The van der Waals surface area contributed by atoms with Gasteiger partial charge in [0.25, 0.3) is 0 Å². The van der Waals surface area contributed by atoms with E-state index in [1.165, 1.54) is 5.57 Å². The summed E-state index contributed by atoms with van der Waals surface area (Å²) in [5.74, 6) is 5.23. The Hall–Kier alpha value is -0.760. The van der Waals surface area contributed by atoms with Gasteiger partial charge in [-0.05, 0) is 25.3 Å². The van der Waals surface area contributed by atoms with Gasteiger partial charge in [-0.25, -0.2) is 0 Å². The molecule has 50 valence electrons. The van der Waals surface area contributed by atoms with E-state index < -0.39 is 0 Å². The minimum atomic E-state index is 1.07. The summed E-state index contributed by atoms with van der Waals surface area (Å²) in [7, 11) is 0. The van der Waals surface area contributed by atoms with Crippen LogP contribution >= 0.6 is 0 Å². The summed E-state index contributed by atoms with van der Waals surface area (Å²) in [6.07, 6.45) is 6.57. The number of hydrazine groups is 1. The molecule has 0 unspecified atom stereocenters. The van der Waals surface area contributed by atoms with Gasteiger partial charge >= 0.3 is 0 Å². The van der Waals surface area contributed by atoms with E-state index in [1.54, 1.807) is 0 Å². The lowest BCUT2D eigenvalue weighted by Gasteiger charge is -2.10. The zero-order valence-electron chi connectivity index (χ0n) is 5.65. The van der Waals surface area contributed by atoms with Gasteiger partial charge in [0.2, 0.25) is 0 Å². The maximum Gasteiger partial charge on any atom is 0.0471 e. The summed E-state index contributed by atoms with van der Waals surface area (Å²) in [6, 6.07) is 0. The summed E-state index contributed by atoms with van der Waals surface area (Å²) < 4.78 is 0. The monoisotopic (exact) mass is 124 g/mol. The minimum absolute atomic E-state index is 1.07. The van der Waals surface area contributed by atoms with Crippen molar-refractivity contribution in [2.75, 3.05) is 0 Å². The molecular formula is C7H12N2. The number of hydrogen-bond acceptors (Lipinski definition) is 2. The van der Waals surface area contributed by atoms with E-state index in [-0.39, 0.29) is 0 Å². The smallest absolute Gasteiger partial charge is 0.0471 e. The van der Waals surface area contributed by atoms with E-state index in [9.17, 15) is 0 Å². The molecule has 9 heavy (non-hydrogen) atoms. The highest BCUT2D eigenvalue weighted by Gasteiger charge is 1.99. The molecule has 0 saturated heterocycles. The van der Waals surface area contributed by atoms with Gasteiger partial charge in [-0.2, -0.15) is 0 Å².